The average molecular weight is 462 g/mol. The second-order valence-electron chi connectivity index (χ2n) is 8.95. The summed E-state index contributed by atoms with van der Waals surface area (Å²) in [5.74, 6) is -1.95. The molecule has 0 aliphatic carbocycles. The van der Waals surface area contributed by atoms with Crippen molar-refractivity contribution in [1.82, 2.24) is 9.88 Å². The molecule has 4 atom stereocenters. The van der Waals surface area contributed by atoms with Crippen LogP contribution in [-0.4, -0.2) is 34.2 Å². The second-order valence-corrected chi connectivity index (χ2v) is 9.38. The van der Waals surface area contributed by atoms with Crippen LogP contribution in [0.2, 0.25) is 5.02 Å². The molecule has 33 heavy (non-hydrogen) atoms. The van der Waals surface area contributed by atoms with Gasteiger partial charge in [-0.2, -0.15) is 0 Å². The molecule has 1 amide bonds. The third-order valence-electron chi connectivity index (χ3n) is 7.42. The van der Waals surface area contributed by atoms with Gasteiger partial charge in [0.15, 0.2) is 5.78 Å². The van der Waals surface area contributed by atoms with Crippen LogP contribution in [0.4, 0.5) is 10.1 Å². The van der Waals surface area contributed by atoms with Crippen molar-refractivity contribution in [2.45, 2.75) is 30.3 Å². The number of halogens is 2. The molecule has 2 fully saturated rings. The zero-order valence-corrected chi connectivity index (χ0v) is 18.4. The highest BCUT2D eigenvalue weighted by Crippen LogP contribution is 2.61. The van der Waals surface area contributed by atoms with Crippen molar-refractivity contribution in [3.63, 3.8) is 0 Å². The molecule has 3 aromatic rings. The van der Waals surface area contributed by atoms with Gasteiger partial charge in [0.05, 0.1) is 5.92 Å². The predicted octanol–water partition coefficient (Wildman–Crippen LogP) is 4.78. The number of amides is 1. The van der Waals surface area contributed by atoms with E-state index in [0.717, 1.165) is 18.4 Å². The molecular weight excluding hydrogens is 441 g/mol. The van der Waals surface area contributed by atoms with Gasteiger partial charge in [-0.05, 0) is 67.4 Å². The van der Waals surface area contributed by atoms with Crippen molar-refractivity contribution >= 4 is 29.0 Å². The summed E-state index contributed by atoms with van der Waals surface area (Å²) in [4.78, 5) is 34.4. The van der Waals surface area contributed by atoms with Gasteiger partial charge in [0, 0.05) is 34.4 Å². The summed E-state index contributed by atoms with van der Waals surface area (Å²) in [5.41, 5.74) is 1.05. The Morgan fingerprint density at radius 2 is 1.97 bits per heavy atom. The first-order valence-corrected chi connectivity index (χ1v) is 11.5. The van der Waals surface area contributed by atoms with Crippen LogP contribution >= 0.6 is 11.6 Å². The highest BCUT2D eigenvalue weighted by atomic mass is 35.5. The molecule has 0 radical (unpaired) electrons. The molecular formula is C26H21ClFN3O2. The maximum atomic E-state index is 14.5. The minimum Gasteiger partial charge on any atom is -0.324 e. The van der Waals surface area contributed by atoms with Gasteiger partial charge in [0.2, 0.25) is 5.91 Å². The molecule has 3 aliphatic rings. The Kier molecular flexibility index (Phi) is 4.64. The summed E-state index contributed by atoms with van der Waals surface area (Å²) >= 11 is 6.16. The van der Waals surface area contributed by atoms with Gasteiger partial charge in [-0.1, -0.05) is 29.8 Å². The lowest BCUT2D eigenvalue weighted by atomic mass is 9.69. The lowest BCUT2D eigenvalue weighted by molar-refractivity contribution is -0.127. The molecule has 0 saturated carbocycles. The minimum absolute atomic E-state index is 0.0381. The first-order chi connectivity index (χ1) is 16.0. The lowest BCUT2D eigenvalue weighted by Crippen LogP contribution is -2.53. The van der Waals surface area contributed by atoms with E-state index in [0.29, 0.717) is 28.5 Å². The molecule has 166 valence electrons. The normalized spacial score (nSPS) is 28.1. The Hall–Kier alpha value is -3.09. The quantitative estimate of drug-likeness (QED) is 0.570. The summed E-state index contributed by atoms with van der Waals surface area (Å²) in [5, 5.41) is 3.55. The number of benzene rings is 2. The Labute approximate surface area is 195 Å². The first kappa shape index (κ1) is 20.5. The fourth-order valence-corrected chi connectivity index (χ4v) is 6.39. The van der Waals surface area contributed by atoms with Crippen molar-refractivity contribution in [3.05, 3.63) is 94.5 Å². The highest BCUT2D eigenvalue weighted by Gasteiger charge is 2.69. The first-order valence-electron chi connectivity index (χ1n) is 11.1. The molecule has 7 heteroatoms. The van der Waals surface area contributed by atoms with Gasteiger partial charge in [-0.3, -0.25) is 19.5 Å². The Bertz CT molecular complexity index is 1270. The van der Waals surface area contributed by atoms with E-state index in [2.05, 4.69) is 15.2 Å². The number of fused-ring (bicyclic) bond motifs is 4. The van der Waals surface area contributed by atoms with Crippen molar-refractivity contribution in [2.24, 2.45) is 5.92 Å². The lowest BCUT2D eigenvalue weighted by Gasteiger charge is -2.36. The van der Waals surface area contributed by atoms with Crippen LogP contribution in [-0.2, 0) is 10.3 Å². The molecule has 4 heterocycles. The number of nitrogens with zero attached hydrogens (tertiary/aromatic N) is 2. The molecule has 2 saturated heterocycles. The molecule has 0 bridgehead atoms. The van der Waals surface area contributed by atoms with Gasteiger partial charge in [0.1, 0.15) is 17.1 Å². The number of hydrogen-bond donors (Lipinski definition) is 1. The number of nitrogens with one attached hydrogen (secondary N) is 1. The number of ketones is 1. The van der Waals surface area contributed by atoms with Gasteiger partial charge in [0.25, 0.3) is 0 Å². The Balaban J connectivity index is 1.63. The number of rotatable bonds is 3. The van der Waals surface area contributed by atoms with Crippen LogP contribution in [0.25, 0.3) is 0 Å². The van der Waals surface area contributed by atoms with Crippen LogP contribution in [0, 0.1) is 11.7 Å². The van der Waals surface area contributed by atoms with Gasteiger partial charge in [-0.25, -0.2) is 4.39 Å². The zero-order chi connectivity index (χ0) is 22.7. The Morgan fingerprint density at radius 1 is 1.15 bits per heavy atom. The van der Waals surface area contributed by atoms with Crippen LogP contribution in [0.3, 0.4) is 0 Å². The van der Waals surface area contributed by atoms with Gasteiger partial charge in [-0.15, -0.1) is 0 Å². The smallest absolute Gasteiger partial charge is 0.250 e. The fourth-order valence-electron chi connectivity index (χ4n) is 6.26. The molecule has 5 nitrogen and oxygen atoms in total. The number of carbonyl (C=O) groups is 2. The zero-order valence-electron chi connectivity index (χ0n) is 17.7. The van der Waals surface area contributed by atoms with Crippen LogP contribution < -0.4 is 5.32 Å². The molecule has 4 unspecified atom stereocenters. The molecule has 6 rings (SSSR count). The van der Waals surface area contributed by atoms with E-state index in [1.165, 1.54) is 12.1 Å². The van der Waals surface area contributed by atoms with Crippen molar-refractivity contribution in [1.29, 1.82) is 0 Å². The number of pyridine rings is 1. The second kappa shape index (κ2) is 7.47. The molecule has 1 aromatic heterocycles. The van der Waals surface area contributed by atoms with Crippen LogP contribution in [0.1, 0.15) is 40.4 Å². The largest absolute Gasteiger partial charge is 0.324 e. The molecule has 1 N–H and O–H groups in total. The summed E-state index contributed by atoms with van der Waals surface area (Å²) in [6.07, 6.45) is 3.33. The number of hydrogen-bond acceptors (Lipinski definition) is 4. The van der Waals surface area contributed by atoms with E-state index in [-0.39, 0.29) is 23.7 Å². The minimum atomic E-state index is -1.29. The Morgan fingerprint density at radius 3 is 2.73 bits per heavy atom. The van der Waals surface area contributed by atoms with E-state index in [1.807, 2.05) is 24.3 Å². The maximum Gasteiger partial charge on any atom is 0.250 e. The van der Waals surface area contributed by atoms with E-state index in [9.17, 15) is 14.0 Å². The van der Waals surface area contributed by atoms with Crippen molar-refractivity contribution in [2.75, 3.05) is 11.9 Å². The van der Waals surface area contributed by atoms with E-state index >= 15 is 0 Å². The van der Waals surface area contributed by atoms with E-state index in [1.54, 1.807) is 30.5 Å². The van der Waals surface area contributed by atoms with Crippen molar-refractivity contribution < 1.29 is 14.0 Å². The SMILES string of the molecule is O=C(c1ccccn1)C1C(c2ccc(Cl)cc2)C2CCCN2C12C(=O)Nc1ccc(F)cc12. The maximum absolute atomic E-state index is 14.5. The van der Waals surface area contributed by atoms with Crippen LogP contribution in [0.15, 0.2) is 66.9 Å². The molecule has 3 aliphatic heterocycles. The number of anilines is 1. The fraction of sp³-hybridized carbons (Fsp3) is 0.269. The van der Waals surface area contributed by atoms with Crippen molar-refractivity contribution in [3.8, 4) is 0 Å². The number of Topliss-reactive ketones (excluding diaryl/α,β-unsaturated/α-hetero) is 1. The monoisotopic (exact) mass is 461 g/mol. The number of aromatic nitrogens is 1. The van der Waals surface area contributed by atoms with E-state index in [4.69, 9.17) is 11.6 Å². The molecule has 2 aromatic carbocycles. The third kappa shape index (κ3) is 2.84. The third-order valence-corrected chi connectivity index (χ3v) is 7.67. The predicted molar refractivity (Wildman–Crippen MR) is 123 cm³/mol. The average Bonchev–Trinajstić information content (AvgIpc) is 3.48. The summed E-state index contributed by atoms with van der Waals surface area (Å²) in [6.45, 7) is 0.657. The topological polar surface area (TPSA) is 62.3 Å². The van der Waals surface area contributed by atoms with E-state index < -0.39 is 17.3 Å². The molecule has 1 spiro atoms. The summed E-state index contributed by atoms with van der Waals surface area (Å²) < 4.78 is 14.5. The van der Waals surface area contributed by atoms with Crippen LogP contribution in [0.5, 0.6) is 0 Å². The summed E-state index contributed by atoms with van der Waals surface area (Å²) in [6, 6.07) is 17.0. The van der Waals surface area contributed by atoms with Gasteiger partial charge >= 0.3 is 0 Å². The standard InChI is InChI=1S/C26H21ClFN3O2/c27-16-8-6-15(7-9-16)22-21-5-3-13-31(21)26(23(22)24(32)20-4-1-2-12-29-20)18-14-17(28)10-11-19(18)30-25(26)33/h1-2,4,6-12,14,21-23H,3,5,13H2,(H,30,33). The number of carbonyl (C=O) groups excluding carboxylic acids is 2. The highest BCUT2D eigenvalue weighted by molar-refractivity contribution is 6.30. The summed E-state index contributed by atoms with van der Waals surface area (Å²) in [7, 11) is 0. The van der Waals surface area contributed by atoms with Gasteiger partial charge < -0.3 is 5.32 Å².